The Bertz CT molecular complexity index is 1000. The molecule has 2 aromatic carbocycles. The van der Waals surface area contributed by atoms with Gasteiger partial charge in [-0.15, -0.1) is 0 Å². The predicted octanol–water partition coefficient (Wildman–Crippen LogP) is 5.47. The van der Waals surface area contributed by atoms with Crippen LogP contribution in [0.2, 0.25) is 5.02 Å². The molecule has 3 aromatic rings. The molecule has 5 heteroatoms. The van der Waals surface area contributed by atoms with Crippen molar-refractivity contribution in [3.05, 3.63) is 101 Å². The lowest BCUT2D eigenvalue weighted by Gasteiger charge is -2.19. The first kappa shape index (κ1) is 17.3. The number of nitrogens with one attached hydrogen (secondary N) is 2. The number of allylic oxidation sites excluding steroid dienone is 1. The van der Waals surface area contributed by atoms with Gasteiger partial charge in [-0.05, 0) is 23.8 Å². The smallest absolute Gasteiger partial charge is 0.187 e. The van der Waals surface area contributed by atoms with E-state index in [-0.39, 0.29) is 11.8 Å². The van der Waals surface area contributed by atoms with Gasteiger partial charge >= 0.3 is 0 Å². The highest BCUT2D eigenvalue weighted by atomic mass is 35.5. The largest absolute Gasteiger partial charge is 0.361 e. The summed E-state index contributed by atoms with van der Waals surface area (Å²) < 4.78 is 0. The number of fused-ring (bicyclic) bond motifs is 1. The van der Waals surface area contributed by atoms with E-state index in [1.54, 1.807) is 12.3 Å². The van der Waals surface area contributed by atoms with Crippen molar-refractivity contribution in [2.75, 3.05) is 10.6 Å². The van der Waals surface area contributed by atoms with Crippen LogP contribution in [0.4, 0.5) is 11.5 Å². The van der Waals surface area contributed by atoms with Gasteiger partial charge in [0.15, 0.2) is 5.78 Å². The molecule has 2 heterocycles. The van der Waals surface area contributed by atoms with Crippen molar-refractivity contribution in [2.24, 2.45) is 0 Å². The molecule has 0 spiro atoms. The lowest BCUT2D eigenvalue weighted by Crippen LogP contribution is -2.12. The average molecular weight is 376 g/mol. The highest BCUT2D eigenvalue weighted by Crippen LogP contribution is 2.36. The van der Waals surface area contributed by atoms with Crippen molar-refractivity contribution >= 4 is 28.9 Å². The van der Waals surface area contributed by atoms with E-state index in [0.29, 0.717) is 17.0 Å². The normalized spacial score (nSPS) is 17.4. The molecule has 0 aliphatic carbocycles. The van der Waals surface area contributed by atoms with Crippen molar-refractivity contribution in [2.45, 2.75) is 12.5 Å². The van der Waals surface area contributed by atoms with Gasteiger partial charge in [-0.1, -0.05) is 60.1 Å². The van der Waals surface area contributed by atoms with Crippen LogP contribution in [0.25, 0.3) is 0 Å². The maximum atomic E-state index is 12.7. The maximum absolute atomic E-state index is 12.7. The lowest BCUT2D eigenvalue weighted by molar-refractivity contribution is 0.104. The van der Waals surface area contributed by atoms with Gasteiger partial charge in [-0.2, -0.15) is 0 Å². The number of rotatable bonds is 3. The van der Waals surface area contributed by atoms with Gasteiger partial charge in [0.05, 0.1) is 11.7 Å². The maximum Gasteiger partial charge on any atom is 0.187 e. The SMILES string of the molecule is O=C(/C=C1/CC(c2ccccc2Cl)Nc2ncccc2N1)c1ccccc1. The summed E-state index contributed by atoms with van der Waals surface area (Å²) in [6.07, 6.45) is 3.97. The van der Waals surface area contributed by atoms with E-state index in [2.05, 4.69) is 15.6 Å². The second-order valence-corrected chi connectivity index (χ2v) is 6.75. The van der Waals surface area contributed by atoms with Crippen LogP contribution in [0.3, 0.4) is 0 Å². The van der Waals surface area contributed by atoms with Gasteiger partial charge in [-0.3, -0.25) is 4.79 Å². The molecule has 0 saturated carbocycles. The van der Waals surface area contributed by atoms with Crippen molar-refractivity contribution in [3.63, 3.8) is 0 Å². The number of carbonyl (C=O) groups excluding carboxylic acids is 1. The highest BCUT2D eigenvalue weighted by molar-refractivity contribution is 6.31. The van der Waals surface area contributed by atoms with E-state index >= 15 is 0 Å². The van der Waals surface area contributed by atoms with Gasteiger partial charge in [-0.25, -0.2) is 4.98 Å². The van der Waals surface area contributed by atoms with E-state index in [4.69, 9.17) is 11.6 Å². The summed E-state index contributed by atoms with van der Waals surface area (Å²) in [7, 11) is 0. The number of carbonyl (C=O) groups is 1. The Balaban J connectivity index is 1.72. The number of hydrogen-bond acceptors (Lipinski definition) is 4. The molecule has 0 fully saturated rings. The monoisotopic (exact) mass is 375 g/mol. The molecule has 0 radical (unpaired) electrons. The summed E-state index contributed by atoms with van der Waals surface area (Å²) in [4.78, 5) is 17.1. The average Bonchev–Trinajstić information content (AvgIpc) is 2.88. The van der Waals surface area contributed by atoms with Crippen molar-refractivity contribution in [1.29, 1.82) is 0 Å². The molecule has 2 N–H and O–H groups in total. The topological polar surface area (TPSA) is 54.0 Å². The minimum absolute atomic E-state index is 0.0386. The number of anilines is 2. The Morgan fingerprint density at radius 1 is 1.04 bits per heavy atom. The zero-order valence-corrected chi connectivity index (χ0v) is 15.3. The Hall–Kier alpha value is -3.11. The summed E-state index contributed by atoms with van der Waals surface area (Å²) in [5.74, 6) is 0.696. The molecule has 1 aromatic heterocycles. The zero-order chi connectivity index (χ0) is 18.6. The van der Waals surface area contributed by atoms with E-state index in [1.807, 2.05) is 66.7 Å². The van der Waals surface area contributed by atoms with Gasteiger partial charge in [0, 0.05) is 35.0 Å². The van der Waals surface area contributed by atoms with Crippen molar-refractivity contribution < 1.29 is 4.79 Å². The number of pyridine rings is 1. The number of halogens is 1. The predicted molar refractivity (Wildman–Crippen MR) is 109 cm³/mol. The second kappa shape index (κ2) is 7.64. The third-order valence-electron chi connectivity index (χ3n) is 4.48. The van der Waals surface area contributed by atoms with Crippen LogP contribution in [0, 0.1) is 0 Å². The summed E-state index contributed by atoms with van der Waals surface area (Å²) >= 11 is 6.42. The van der Waals surface area contributed by atoms with Gasteiger partial charge in [0.25, 0.3) is 0 Å². The molecular formula is C22H18ClN3O. The van der Waals surface area contributed by atoms with Gasteiger partial charge in [0.1, 0.15) is 5.82 Å². The van der Waals surface area contributed by atoms with Crippen molar-refractivity contribution in [1.82, 2.24) is 4.98 Å². The number of hydrogen-bond donors (Lipinski definition) is 2. The van der Waals surface area contributed by atoms with Crippen LogP contribution >= 0.6 is 11.6 Å². The number of aromatic nitrogens is 1. The molecular weight excluding hydrogens is 358 g/mol. The Morgan fingerprint density at radius 3 is 2.63 bits per heavy atom. The van der Waals surface area contributed by atoms with Crippen LogP contribution in [0.5, 0.6) is 0 Å². The molecule has 1 atom stereocenters. The fourth-order valence-corrected chi connectivity index (χ4v) is 3.43. The first-order chi connectivity index (χ1) is 13.2. The van der Waals surface area contributed by atoms with Gasteiger partial charge in [0.2, 0.25) is 0 Å². The van der Waals surface area contributed by atoms with Gasteiger partial charge < -0.3 is 10.6 Å². The Kier molecular flexibility index (Phi) is 4.90. The van der Waals surface area contributed by atoms with Crippen LogP contribution < -0.4 is 10.6 Å². The summed E-state index contributed by atoms with van der Waals surface area (Å²) in [5, 5.41) is 7.48. The fourth-order valence-electron chi connectivity index (χ4n) is 3.17. The first-order valence-electron chi connectivity index (χ1n) is 8.73. The molecule has 0 bridgehead atoms. The zero-order valence-electron chi connectivity index (χ0n) is 14.5. The minimum Gasteiger partial charge on any atom is -0.361 e. The summed E-state index contributed by atoms with van der Waals surface area (Å²) in [6.45, 7) is 0. The summed E-state index contributed by atoms with van der Waals surface area (Å²) in [5.41, 5.74) is 3.27. The van der Waals surface area contributed by atoms with Crippen LogP contribution in [0.1, 0.15) is 28.4 Å². The highest BCUT2D eigenvalue weighted by Gasteiger charge is 2.23. The molecule has 1 unspecified atom stereocenters. The first-order valence-corrected chi connectivity index (χ1v) is 9.11. The molecule has 4 rings (SSSR count). The number of ketones is 1. The molecule has 0 saturated heterocycles. The Labute approximate surface area is 162 Å². The molecule has 27 heavy (non-hydrogen) atoms. The van der Waals surface area contributed by atoms with Crippen LogP contribution in [-0.2, 0) is 0 Å². The van der Waals surface area contributed by atoms with E-state index < -0.39 is 0 Å². The standard InChI is InChI=1S/C22H18ClN3O/c23-18-10-5-4-9-17(18)20-13-16(14-21(27)15-7-2-1-3-8-15)25-19-11-6-12-24-22(19)26-20/h1-12,14,20,25H,13H2,(H,24,26)/b16-14-. The Morgan fingerprint density at radius 2 is 1.81 bits per heavy atom. The molecule has 1 aliphatic rings. The van der Waals surface area contributed by atoms with E-state index in [9.17, 15) is 4.79 Å². The lowest BCUT2D eigenvalue weighted by atomic mass is 10.0. The number of benzene rings is 2. The quantitative estimate of drug-likeness (QED) is 0.470. The molecule has 1 aliphatic heterocycles. The van der Waals surface area contributed by atoms with E-state index in [1.165, 1.54) is 0 Å². The molecule has 134 valence electrons. The van der Waals surface area contributed by atoms with E-state index in [0.717, 1.165) is 22.8 Å². The summed E-state index contributed by atoms with van der Waals surface area (Å²) in [6, 6.07) is 20.7. The molecule has 4 nitrogen and oxygen atoms in total. The molecule has 0 amide bonds. The van der Waals surface area contributed by atoms with Crippen LogP contribution in [0.15, 0.2) is 84.7 Å². The fraction of sp³-hybridized carbons (Fsp3) is 0.0909. The van der Waals surface area contributed by atoms with Crippen molar-refractivity contribution in [3.8, 4) is 0 Å². The van der Waals surface area contributed by atoms with Crippen LogP contribution in [-0.4, -0.2) is 10.8 Å². The minimum atomic E-state index is -0.0998. The third-order valence-corrected chi connectivity index (χ3v) is 4.83. The number of nitrogens with zero attached hydrogens (tertiary/aromatic N) is 1. The third kappa shape index (κ3) is 3.86. The second-order valence-electron chi connectivity index (χ2n) is 6.35.